The highest BCUT2D eigenvalue weighted by atomic mass is 16.5. The van der Waals surface area contributed by atoms with Crippen molar-refractivity contribution in [3.8, 4) is 6.07 Å². The minimum atomic E-state index is -0.868. The molecule has 2 aliphatic rings. The van der Waals surface area contributed by atoms with Crippen molar-refractivity contribution in [2.24, 2.45) is 5.41 Å². The van der Waals surface area contributed by atoms with Crippen molar-refractivity contribution in [1.82, 2.24) is 4.90 Å². The Labute approximate surface area is 103 Å². The zero-order chi connectivity index (χ0) is 12.4. The molecule has 0 aromatic rings. The third kappa shape index (κ3) is 2.33. The maximum Gasteiger partial charge on any atom is 0.109 e. The van der Waals surface area contributed by atoms with E-state index in [4.69, 9.17) is 4.74 Å². The average Bonchev–Trinajstić information content (AvgIpc) is 2.53. The van der Waals surface area contributed by atoms with Gasteiger partial charge in [0.1, 0.15) is 5.41 Å². The Morgan fingerprint density at radius 2 is 2.06 bits per heavy atom. The fourth-order valence-electron chi connectivity index (χ4n) is 3.09. The van der Waals surface area contributed by atoms with E-state index in [9.17, 15) is 10.4 Å². The summed E-state index contributed by atoms with van der Waals surface area (Å²) >= 11 is 0. The van der Waals surface area contributed by atoms with Crippen LogP contribution < -0.4 is 0 Å². The molecule has 2 unspecified atom stereocenters. The Hall–Kier alpha value is -0.630. The molecule has 2 atom stereocenters. The normalized spacial score (nSPS) is 40.5. The van der Waals surface area contributed by atoms with Gasteiger partial charge in [-0.05, 0) is 45.7 Å². The number of likely N-dealkylation sites (tertiary alicyclic amines) is 1. The molecule has 2 rings (SSSR count). The Bertz CT molecular complexity index is 307. The maximum atomic E-state index is 10.9. The van der Waals surface area contributed by atoms with Crippen LogP contribution in [0, 0.1) is 16.7 Å². The molecule has 4 nitrogen and oxygen atoms in total. The van der Waals surface area contributed by atoms with Gasteiger partial charge in [-0.3, -0.25) is 0 Å². The van der Waals surface area contributed by atoms with Gasteiger partial charge in [-0.2, -0.15) is 5.26 Å². The second-order valence-electron chi connectivity index (χ2n) is 5.54. The summed E-state index contributed by atoms with van der Waals surface area (Å²) in [7, 11) is 2.07. The molecule has 2 fully saturated rings. The van der Waals surface area contributed by atoms with E-state index in [0.29, 0.717) is 19.4 Å². The number of nitriles is 1. The lowest BCUT2D eigenvalue weighted by molar-refractivity contribution is -0.125. The molecular formula is C13H22N2O2. The first-order valence-electron chi connectivity index (χ1n) is 6.52. The Kier molecular flexibility index (Phi) is 3.72. The van der Waals surface area contributed by atoms with Gasteiger partial charge in [-0.1, -0.05) is 0 Å². The molecule has 1 N–H and O–H groups in total. The molecular weight excluding hydrogens is 216 g/mol. The Morgan fingerprint density at radius 3 is 2.71 bits per heavy atom. The monoisotopic (exact) mass is 238 g/mol. The smallest absolute Gasteiger partial charge is 0.109 e. The van der Waals surface area contributed by atoms with Crippen LogP contribution >= 0.6 is 0 Å². The predicted octanol–water partition coefficient (Wildman–Crippen LogP) is 1.15. The predicted molar refractivity (Wildman–Crippen MR) is 64.4 cm³/mol. The Balaban J connectivity index is 2.19. The fraction of sp³-hybridized carbons (Fsp3) is 0.923. The topological polar surface area (TPSA) is 56.5 Å². The van der Waals surface area contributed by atoms with Crippen molar-refractivity contribution in [2.75, 3.05) is 33.4 Å². The van der Waals surface area contributed by atoms with Gasteiger partial charge in [0.25, 0.3) is 0 Å². The number of hydrogen-bond acceptors (Lipinski definition) is 4. The van der Waals surface area contributed by atoms with E-state index in [1.165, 1.54) is 0 Å². The van der Waals surface area contributed by atoms with E-state index in [1.807, 2.05) is 0 Å². The zero-order valence-electron chi connectivity index (χ0n) is 10.6. The molecule has 0 spiro atoms. The molecule has 0 aromatic carbocycles. The van der Waals surface area contributed by atoms with Crippen LogP contribution in [0.15, 0.2) is 0 Å². The van der Waals surface area contributed by atoms with Gasteiger partial charge < -0.3 is 14.7 Å². The highest BCUT2D eigenvalue weighted by molar-refractivity contribution is 5.13. The lowest BCUT2D eigenvalue weighted by atomic mass is 9.66. The molecule has 0 aliphatic carbocycles. The second kappa shape index (κ2) is 4.93. The van der Waals surface area contributed by atoms with E-state index in [1.54, 1.807) is 0 Å². The van der Waals surface area contributed by atoms with Crippen molar-refractivity contribution in [2.45, 2.75) is 37.7 Å². The summed E-state index contributed by atoms with van der Waals surface area (Å²) < 4.78 is 5.47. The summed E-state index contributed by atoms with van der Waals surface area (Å²) in [6.07, 6.45) is 4.00. The summed E-state index contributed by atoms with van der Waals surface area (Å²) in [4.78, 5) is 2.23. The molecule has 4 heteroatoms. The molecule has 0 radical (unpaired) electrons. The standard InChI is InChI=1S/C13H22N2O2/c1-15-7-2-5-13(16,6-8-15)12(10-14)4-3-9-17-11-12/h16H,2-9,11H2,1H3. The summed E-state index contributed by atoms with van der Waals surface area (Å²) in [5.41, 5.74) is -1.55. The van der Waals surface area contributed by atoms with Gasteiger partial charge in [0.15, 0.2) is 0 Å². The van der Waals surface area contributed by atoms with E-state index >= 15 is 0 Å². The molecule has 0 bridgehead atoms. The van der Waals surface area contributed by atoms with Crippen LogP contribution in [0.2, 0.25) is 0 Å². The number of rotatable bonds is 1. The summed E-state index contributed by atoms with van der Waals surface area (Å²) in [5.74, 6) is 0. The van der Waals surface area contributed by atoms with Crippen molar-refractivity contribution < 1.29 is 9.84 Å². The van der Waals surface area contributed by atoms with Gasteiger partial charge in [-0.15, -0.1) is 0 Å². The highest BCUT2D eigenvalue weighted by Crippen LogP contribution is 2.44. The maximum absolute atomic E-state index is 10.9. The first-order valence-corrected chi connectivity index (χ1v) is 6.52. The van der Waals surface area contributed by atoms with Crippen LogP contribution in [-0.4, -0.2) is 49.0 Å². The van der Waals surface area contributed by atoms with E-state index in [-0.39, 0.29) is 0 Å². The third-order valence-corrected chi connectivity index (χ3v) is 4.38. The van der Waals surface area contributed by atoms with Crippen molar-refractivity contribution >= 4 is 0 Å². The second-order valence-corrected chi connectivity index (χ2v) is 5.54. The first kappa shape index (κ1) is 12.8. The van der Waals surface area contributed by atoms with Gasteiger partial charge >= 0.3 is 0 Å². The number of nitrogens with zero attached hydrogens (tertiary/aromatic N) is 2. The van der Waals surface area contributed by atoms with Crippen LogP contribution in [0.1, 0.15) is 32.1 Å². The largest absolute Gasteiger partial charge is 0.388 e. The van der Waals surface area contributed by atoms with Gasteiger partial charge in [-0.25, -0.2) is 0 Å². The summed E-state index contributed by atoms with van der Waals surface area (Å²) in [5, 5.41) is 20.4. The van der Waals surface area contributed by atoms with E-state index in [0.717, 1.165) is 39.0 Å². The fourth-order valence-corrected chi connectivity index (χ4v) is 3.09. The van der Waals surface area contributed by atoms with E-state index < -0.39 is 11.0 Å². The molecule has 17 heavy (non-hydrogen) atoms. The summed E-state index contributed by atoms with van der Waals surface area (Å²) in [6.45, 7) is 2.98. The number of aliphatic hydroxyl groups is 1. The molecule has 0 amide bonds. The first-order chi connectivity index (χ1) is 8.12. The molecule has 96 valence electrons. The highest BCUT2D eigenvalue weighted by Gasteiger charge is 2.51. The van der Waals surface area contributed by atoms with Crippen LogP contribution in [0.5, 0.6) is 0 Å². The number of ether oxygens (including phenoxy) is 1. The van der Waals surface area contributed by atoms with Crippen molar-refractivity contribution in [3.05, 3.63) is 0 Å². The lowest BCUT2D eigenvalue weighted by Gasteiger charge is -2.44. The van der Waals surface area contributed by atoms with Crippen LogP contribution in [-0.2, 0) is 4.74 Å². The molecule has 2 heterocycles. The molecule has 2 saturated heterocycles. The van der Waals surface area contributed by atoms with Crippen molar-refractivity contribution in [3.63, 3.8) is 0 Å². The van der Waals surface area contributed by atoms with Crippen LogP contribution in [0.4, 0.5) is 0 Å². The quantitative estimate of drug-likeness (QED) is 0.744. The van der Waals surface area contributed by atoms with Gasteiger partial charge in [0, 0.05) is 13.2 Å². The van der Waals surface area contributed by atoms with Crippen LogP contribution in [0.25, 0.3) is 0 Å². The van der Waals surface area contributed by atoms with E-state index in [2.05, 4.69) is 18.0 Å². The average molecular weight is 238 g/mol. The number of hydrogen-bond donors (Lipinski definition) is 1. The van der Waals surface area contributed by atoms with Crippen LogP contribution in [0.3, 0.4) is 0 Å². The van der Waals surface area contributed by atoms with Gasteiger partial charge in [0.2, 0.25) is 0 Å². The van der Waals surface area contributed by atoms with Gasteiger partial charge in [0.05, 0.1) is 18.3 Å². The summed E-state index contributed by atoms with van der Waals surface area (Å²) in [6, 6.07) is 2.38. The minimum absolute atomic E-state index is 0.393. The van der Waals surface area contributed by atoms with Crippen molar-refractivity contribution in [1.29, 1.82) is 5.26 Å². The molecule has 0 saturated carbocycles. The Morgan fingerprint density at radius 1 is 1.24 bits per heavy atom. The lowest BCUT2D eigenvalue weighted by Crippen LogP contribution is -2.52. The molecule has 0 aromatic heterocycles. The zero-order valence-corrected chi connectivity index (χ0v) is 10.6. The third-order valence-electron chi connectivity index (χ3n) is 4.38. The molecule has 2 aliphatic heterocycles. The minimum Gasteiger partial charge on any atom is -0.388 e. The SMILES string of the molecule is CN1CCCC(O)(C2(C#N)CCCOC2)CC1.